The highest BCUT2D eigenvalue weighted by molar-refractivity contribution is 5.82. The van der Waals surface area contributed by atoms with Gasteiger partial charge in [-0.2, -0.15) is 0 Å². The lowest BCUT2D eigenvalue weighted by molar-refractivity contribution is -0.148. The van der Waals surface area contributed by atoms with Gasteiger partial charge < -0.3 is 9.47 Å². The molecular formula is C14H25NO4. The molecule has 0 saturated carbocycles. The summed E-state index contributed by atoms with van der Waals surface area (Å²) in [7, 11) is 0. The summed E-state index contributed by atoms with van der Waals surface area (Å²) in [5.74, 6) is -0.329. The second-order valence-corrected chi connectivity index (χ2v) is 5.79. The van der Waals surface area contributed by atoms with Crippen molar-refractivity contribution in [1.29, 1.82) is 0 Å². The molecule has 0 radical (unpaired) electrons. The van der Waals surface area contributed by atoms with Crippen LogP contribution in [0.2, 0.25) is 0 Å². The number of nitrogens with zero attached hydrogens (tertiary/aromatic N) is 1. The molecule has 0 aliphatic carbocycles. The fourth-order valence-corrected chi connectivity index (χ4v) is 2.34. The van der Waals surface area contributed by atoms with Gasteiger partial charge in [0, 0.05) is 6.04 Å². The van der Waals surface area contributed by atoms with Crippen LogP contribution in [0.3, 0.4) is 0 Å². The van der Waals surface area contributed by atoms with Crippen molar-refractivity contribution in [1.82, 2.24) is 4.90 Å². The smallest absolute Gasteiger partial charge is 0.411 e. The number of hydrogen-bond donors (Lipinski definition) is 0. The van der Waals surface area contributed by atoms with E-state index < -0.39 is 17.7 Å². The monoisotopic (exact) mass is 271 g/mol. The molecule has 110 valence electrons. The lowest BCUT2D eigenvalue weighted by Gasteiger charge is -2.31. The first-order valence-electron chi connectivity index (χ1n) is 6.98. The van der Waals surface area contributed by atoms with Crippen LogP contribution >= 0.6 is 0 Å². The summed E-state index contributed by atoms with van der Waals surface area (Å²) in [4.78, 5) is 25.7. The molecule has 1 aliphatic rings. The third-order valence-electron chi connectivity index (χ3n) is 3.14. The molecule has 0 unspecified atom stereocenters. The zero-order valence-corrected chi connectivity index (χ0v) is 12.6. The topological polar surface area (TPSA) is 55.8 Å². The third kappa shape index (κ3) is 4.11. The Hall–Kier alpha value is -1.26. The minimum atomic E-state index is -0.558. The molecule has 1 rings (SSSR count). The highest BCUT2D eigenvalue weighted by atomic mass is 16.6. The molecule has 0 aromatic rings. The maximum Gasteiger partial charge on any atom is 0.411 e. The van der Waals surface area contributed by atoms with Crippen LogP contribution in [0.4, 0.5) is 4.79 Å². The Morgan fingerprint density at radius 1 is 1.21 bits per heavy atom. The maximum absolute atomic E-state index is 12.2. The molecule has 0 spiro atoms. The van der Waals surface area contributed by atoms with Gasteiger partial charge in [-0.15, -0.1) is 0 Å². The van der Waals surface area contributed by atoms with Crippen LogP contribution in [-0.4, -0.2) is 41.3 Å². The van der Waals surface area contributed by atoms with Gasteiger partial charge in [0.15, 0.2) is 0 Å². The van der Waals surface area contributed by atoms with Crippen molar-refractivity contribution in [3.8, 4) is 0 Å². The molecular weight excluding hydrogens is 246 g/mol. The van der Waals surface area contributed by atoms with Gasteiger partial charge in [-0.3, -0.25) is 4.90 Å². The Balaban J connectivity index is 2.82. The molecule has 0 bridgehead atoms. The average molecular weight is 271 g/mol. The molecule has 0 aromatic carbocycles. The highest BCUT2D eigenvalue weighted by Crippen LogP contribution is 2.29. The first-order chi connectivity index (χ1) is 8.80. The van der Waals surface area contributed by atoms with Gasteiger partial charge in [0.1, 0.15) is 11.6 Å². The fourth-order valence-electron chi connectivity index (χ4n) is 2.34. The summed E-state index contributed by atoms with van der Waals surface area (Å²) in [5.41, 5.74) is -0.558. The lowest BCUT2D eigenvalue weighted by atomic mass is 10.1. The summed E-state index contributed by atoms with van der Waals surface area (Å²) in [6, 6.07) is -0.441. The number of carbonyl (C=O) groups is 2. The molecule has 0 aromatic heterocycles. The molecule has 19 heavy (non-hydrogen) atoms. The third-order valence-corrected chi connectivity index (χ3v) is 3.14. The van der Waals surface area contributed by atoms with Crippen molar-refractivity contribution >= 4 is 12.1 Å². The second kappa shape index (κ2) is 6.26. The van der Waals surface area contributed by atoms with E-state index in [1.54, 1.807) is 11.8 Å². The average Bonchev–Trinajstić information content (AvgIpc) is 2.70. The molecule has 2 atom stereocenters. The van der Waals surface area contributed by atoms with E-state index in [1.807, 2.05) is 27.7 Å². The summed E-state index contributed by atoms with van der Waals surface area (Å²) in [5, 5.41) is 0. The van der Waals surface area contributed by atoms with Crippen LogP contribution in [0.15, 0.2) is 0 Å². The second-order valence-electron chi connectivity index (χ2n) is 5.79. The number of esters is 1. The predicted molar refractivity (Wildman–Crippen MR) is 71.8 cm³/mol. The van der Waals surface area contributed by atoms with Gasteiger partial charge in [0.05, 0.1) is 6.61 Å². The summed E-state index contributed by atoms with van der Waals surface area (Å²) in [6.45, 7) is 9.57. The number of rotatable bonds is 3. The van der Waals surface area contributed by atoms with Crippen LogP contribution in [0, 0.1) is 0 Å². The first kappa shape index (κ1) is 15.8. The zero-order chi connectivity index (χ0) is 14.6. The van der Waals surface area contributed by atoms with E-state index in [0.717, 1.165) is 12.8 Å². The molecule has 1 amide bonds. The van der Waals surface area contributed by atoms with Gasteiger partial charge in [-0.05, 0) is 47.0 Å². The van der Waals surface area contributed by atoms with E-state index in [2.05, 4.69) is 0 Å². The highest BCUT2D eigenvalue weighted by Gasteiger charge is 2.42. The van der Waals surface area contributed by atoms with Crippen molar-refractivity contribution in [2.45, 2.75) is 71.6 Å². The Morgan fingerprint density at radius 2 is 1.84 bits per heavy atom. The predicted octanol–water partition coefficient (Wildman–Crippen LogP) is 2.73. The number of hydrogen-bond acceptors (Lipinski definition) is 4. The van der Waals surface area contributed by atoms with Gasteiger partial charge in [0.2, 0.25) is 0 Å². The molecule has 1 aliphatic heterocycles. The molecule has 1 saturated heterocycles. The Labute approximate surface area is 115 Å². The number of likely N-dealkylation sites (tertiary alicyclic amines) is 1. The van der Waals surface area contributed by atoms with Crippen molar-refractivity contribution < 1.29 is 19.1 Å². The molecule has 5 heteroatoms. The van der Waals surface area contributed by atoms with Gasteiger partial charge in [0.25, 0.3) is 0 Å². The van der Waals surface area contributed by atoms with Crippen LogP contribution < -0.4 is 0 Å². The molecule has 1 heterocycles. The standard InChI is InChI=1S/C14H25NO4/c1-6-10-8-9-11(12(16)18-7-2)15(10)13(17)19-14(3,4)5/h10-11H,6-9H2,1-5H3/t10-,11+/m1/s1. The van der Waals surface area contributed by atoms with Crippen molar-refractivity contribution in [2.75, 3.05) is 6.61 Å². The molecule has 0 N–H and O–H groups in total. The van der Waals surface area contributed by atoms with E-state index in [4.69, 9.17) is 9.47 Å². The zero-order valence-electron chi connectivity index (χ0n) is 12.6. The Kier molecular flexibility index (Phi) is 5.20. The van der Waals surface area contributed by atoms with Crippen LogP contribution in [0.5, 0.6) is 0 Å². The minimum absolute atomic E-state index is 0.0595. The summed E-state index contributed by atoms with van der Waals surface area (Å²) < 4.78 is 10.4. The normalized spacial score (nSPS) is 23.3. The van der Waals surface area contributed by atoms with E-state index in [-0.39, 0.29) is 12.0 Å². The largest absolute Gasteiger partial charge is 0.464 e. The van der Waals surface area contributed by atoms with E-state index in [0.29, 0.717) is 13.0 Å². The van der Waals surface area contributed by atoms with Crippen LogP contribution in [-0.2, 0) is 14.3 Å². The van der Waals surface area contributed by atoms with Crippen molar-refractivity contribution in [3.05, 3.63) is 0 Å². The number of ether oxygens (including phenoxy) is 2. The molecule has 1 fully saturated rings. The Morgan fingerprint density at radius 3 is 2.32 bits per heavy atom. The number of amides is 1. The van der Waals surface area contributed by atoms with E-state index >= 15 is 0 Å². The van der Waals surface area contributed by atoms with Gasteiger partial charge >= 0.3 is 12.1 Å². The van der Waals surface area contributed by atoms with Crippen molar-refractivity contribution in [2.24, 2.45) is 0 Å². The van der Waals surface area contributed by atoms with Gasteiger partial charge in [-0.25, -0.2) is 9.59 Å². The van der Waals surface area contributed by atoms with E-state index in [1.165, 1.54) is 0 Å². The fraction of sp³-hybridized carbons (Fsp3) is 0.857. The quantitative estimate of drug-likeness (QED) is 0.741. The van der Waals surface area contributed by atoms with Gasteiger partial charge in [-0.1, -0.05) is 6.92 Å². The SMILES string of the molecule is CCOC(=O)[C@@H]1CC[C@@H](CC)N1C(=O)OC(C)(C)C. The van der Waals surface area contributed by atoms with E-state index in [9.17, 15) is 9.59 Å². The minimum Gasteiger partial charge on any atom is -0.464 e. The lowest BCUT2D eigenvalue weighted by Crippen LogP contribution is -2.47. The first-order valence-corrected chi connectivity index (χ1v) is 6.98. The van der Waals surface area contributed by atoms with Crippen LogP contribution in [0.1, 0.15) is 53.9 Å². The summed E-state index contributed by atoms with van der Waals surface area (Å²) >= 11 is 0. The van der Waals surface area contributed by atoms with Crippen molar-refractivity contribution in [3.63, 3.8) is 0 Å². The van der Waals surface area contributed by atoms with Crippen LogP contribution in [0.25, 0.3) is 0 Å². The maximum atomic E-state index is 12.2. The Bertz CT molecular complexity index is 335. The number of carbonyl (C=O) groups excluding carboxylic acids is 2. The molecule has 5 nitrogen and oxygen atoms in total. The summed E-state index contributed by atoms with van der Waals surface area (Å²) in [6.07, 6.45) is 1.86.